The van der Waals surface area contributed by atoms with Gasteiger partial charge in [0.1, 0.15) is 0 Å². The summed E-state index contributed by atoms with van der Waals surface area (Å²) in [6.45, 7) is 3.76. The van der Waals surface area contributed by atoms with E-state index in [4.69, 9.17) is 0 Å². The molecule has 1 heterocycles. The van der Waals surface area contributed by atoms with Crippen LogP contribution in [0.5, 0.6) is 0 Å². The van der Waals surface area contributed by atoms with Gasteiger partial charge in [-0.25, -0.2) is 0 Å². The fourth-order valence-corrected chi connectivity index (χ4v) is 3.11. The molecule has 0 saturated carbocycles. The lowest BCUT2D eigenvalue weighted by molar-refractivity contribution is -0.117. The van der Waals surface area contributed by atoms with E-state index in [0.717, 1.165) is 11.3 Å². The van der Waals surface area contributed by atoms with Gasteiger partial charge in [-0.3, -0.25) is 9.59 Å². The van der Waals surface area contributed by atoms with E-state index in [2.05, 4.69) is 0 Å². The van der Waals surface area contributed by atoms with Gasteiger partial charge in [0.05, 0.1) is 6.10 Å². The minimum Gasteiger partial charge on any atom is -0.389 e. The molecule has 1 saturated heterocycles. The summed E-state index contributed by atoms with van der Waals surface area (Å²) in [4.78, 5) is 24.8. The summed E-state index contributed by atoms with van der Waals surface area (Å²) in [6.07, 6.45) is -0.163. The average molecular weight is 279 g/mol. The molecule has 4 nitrogen and oxygen atoms in total. The number of carbonyl (C=O) groups excluding carboxylic acids is 2. The van der Waals surface area contributed by atoms with Gasteiger partial charge in [0.15, 0.2) is 5.12 Å². The number of nitrogens with zero attached hydrogens (tertiary/aromatic N) is 1. The van der Waals surface area contributed by atoms with E-state index in [1.165, 1.54) is 18.7 Å². The molecule has 1 aromatic rings. The standard InChI is InChI=1S/C14H17NO3S/c1-9(16)11-4-3-5-12(6-11)15-8-13(7-14(15)18)19-10(2)17/h3-6,9,13,16H,7-8H2,1-2H3. The third-order valence-corrected chi connectivity index (χ3v) is 4.07. The molecule has 0 radical (unpaired) electrons. The number of hydrogen-bond donors (Lipinski definition) is 1. The Balaban J connectivity index is 2.16. The minimum atomic E-state index is -0.556. The van der Waals surface area contributed by atoms with Crippen molar-refractivity contribution in [3.63, 3.8) is 0 Å². The van der Waals surface area contributed by atoms with Gasteiger partial charge in [0, 0.05) is 30.8 Å². The van der Waals surface area contributed by atoms with Crippen molar-refractivity contribution >= 4 is 28.5 Å². The molecular weight excluding hydrogens is 262 g/mol. The van der Waals surface area contributed by atoms with E-state index >= 15 is 0 Å². The first-order valence-electron chi connectivity index (χ1n) is 6.23. The number of benzene rings is 1. The molecule has 0 aliphatic carbocycles. The van der Waals surface area contributed by atoms with Crippen LogP contribution in [0.25, 0.3) is 0 Å². The quantitative estimate of drug-likeness (QED) is 0.921. The molecule has 0 bridgehead atoms. The van der Waals surface area contributed by atoms with E-state index in [0.29, 0.717) is 13.0 Å². The van der Waals surface area contributed by atoms with Crippen molar-refractivity contribution < 1.29 is 14.7 Å². The maximum Gasteiger partial charge on any atom is 0.228 e. The van der Waals surface area contributed by atoms with Crippen LogP contribution in [0.4, 0.5) is 5.69 Å². The molecule has 2 rings (SSSR count). The Kier molecular flexibility index (Phi) is 4.27. The van der Waals surface area contributed by atoms with E-state index in [-0.39, 0.29) is 16.3 Å². The summed E-state index contributed by atoms with van der Waals surface area (Å²) >= 11 is 1.22. The maximum atomic E-state index is 12.0. The van der Waals surface area contributed by atoms with Crippen molar-refractivity contribution in [2.75, 3.05) is 11.4 Å². The second-order valence-corrected chi connectivity index (χ2v) is 6.19. The van der Waals surface area contributed by atoms with Crippen LogP contribution in [0, 0.1) is 0 Å². The SMILES string of the molecule is CC(=O)SC1CC(=O)N(c2cccc(C(C)O)c2)C1. The third kappa shape index (κ3) is 3.36. The van der Waals surface area contributed by atoms with Gasteiger partial charge >= 0.3 is 0 Å². The Labute approximate surface area is 116 Å². The highest BCUT2D eigenvalue weighted by atomic mass is 32.2. The number of carbonyl (C=O) groups is 2. The zero-order valence-corrected chi connectivity index (χ0v) is 11.8. The molecule has 1 aliphatic heterocycles. The number of anilines is 1. The van der Waals surface area contributed by atoms with Crippen LogP contribution in [-0.2, 0) is 9.59 Å². The molecule has 5 heteroatoms. The Bertz CT molecular complexity index is 501. The van der Waals surface area contributed by atoms with Crippen LogP contribution < -0.4 is 4.90 Å². The number of rotatable bonds is 3. The van der Waals surface area contributed by atoms with Gasteiger partial charge in [-0.15, -0.1) is 0 Å². The zero-order valence-electron chi connectivity index (χ0n) is 11.0. The first-order valence-corrected chi connectivity index (χ1v) is 7.11. The molecule has 2 atom stereocenters. The summed E-state index contributed by atoms with van der Waals surface area (Å²) in [5.41, 5.74) is 1.57. The van der Waals surface area contributed by atoms with Gasteiger partial charge in [-0.2, -0.15) is 0 Å². The topological polar surface area (TPSA) is 57.6 Å². The summed E-state index contributed by atoms with van der Waals surface area (Å²) in [7, 11) is 0. The lowest BCUT2D eigenvalue weighted by atomic mass is 10.1. The fraction of sp³-hybridized carbons (Fsp3) is 0.429. The predicted molar refractivity (Wildman–Crippen MR) is 76.1 cm³/mol. The summed E-state index contributed by atoms with van der Waals surface area (Å²) in [5.74, 6) is 0.0292. The second-order valence-electron chi connectivity index (χ2n) is 4.71. The van der Waals surface area contributed by atoms with E-state index in [1.807, 2.05) is 24.3 Å². The molecule has 1 N–H and O–H groups in total. The first-order chi connectivity index (χ1) is 8.97. The largest absolute Gasteiger partial charge is 0.389 e. The number of aliphatic hydroxyl groups excluding tert-OH is 1. The van der Waals surface area contributed by atoms with Gasteiger partial charge < -0.3 is 10.0 Å². The van der Waals surface area contributed by atoms with Crippen LogP contribution in [0.1, 0.15) is 31.9 Å². The molecule has 1 aliphatic rings. The first kappa shape index (κ1) is 14.1. The minimum absolute atomic E-state index is 0.0280. The summed E-state index contributed by atoms with van der Waals surface area (Å²) in [6, 6.07) is 7.33. The monoisotopic (exact) mass is 279 g/mol. The molecular formula is C14H17NO3S. The van der Waals surface area contributed by atoms with E-state index < -0.39 is 6.10 Å². The summed E-state index contributed by atoms with van der Waals surface area (Å²) in [5, 5.41) is 9.64. The Morgan fingerprint density at radius 1 is 1.53 bits per heavy atom. The molecule has 0 spiro atoms. The van der Waals surface area contributed by atoms with Crippen LogP contribution in [0.15, 0.2) is 24.3 Å². The lowest BCUT2D eigenvalue weighted by Crippen LogP contribution is -2.25. The molecule has 0 aromatic heterocycles. The van der Waals surface area contributed by atoms with Gasteiger partial charge in [-0.1, -0.05) is 23.9 Å². The average Bonchev–Trinajstić information content (AvgIpc) is 2.69. The zero-order chi connectivity index (χ0) is 14.0. The number of thioether (sulfide) groups is 1. The highest BCUT2D eigenvalue weighted by Crippen LogP contribution is 2.29. The molecule has 1 fully saturated rings. The molecule has 1 aromatic carbocycles. The highest BCUT2D eigenvalue weighted by molar-refractivity contribution is 8.14. The van der Waals surface area contributed by atoms with Gasteiger partial charge in [0.25, 0.3) is 0 Å². The Hall–Kier alpha value is -1.33. The van der Waals surface area contributed by atoms with Crippen molar-refractivity contribution in [1.82, 2.24) is 0 Å². The third-order valence-electron chi connectivity index (χ3n) is 3.09. The van der Waals surface area contributed by atoms with Crippen LogP contribution in [0.2, 0.25) is 0 Å². The summed E-state index contributed by atoms with van der Waals surface area (Å²) < 4.78 is 0. The Morgan fingerprint density at radius 3 is 2.89 bits per heavy atom. The lowest BCUT2D eigenvalue weighted by Gasteiger charge is -2.18. The van der Waals surface area contributed by atoms with E-state index in [1.54, 1.807) is 11.8 Å². The Morgan fingerprint density at radius 2 is 2.26 bits per heavy atom. The van der Waals surface area contributed by atoms with Gasteiger partial charge in [0.2, 0.25) is 5.91 Å². The molecule has 102 valence electrons. The normalized spacial score (nSPS) is 20.7. The van der Waals surface area contributed by atoms with Crippen molar-refractivity contribution in [2.24, 2.45) is 0 Å². The van der Waals surface area contributed by atoms with Crippen molar-refractivity contribution in [2.45, 2.75) is 31.6 Å². The predicted octanol–water partition coefficient (Wildman–Crippen LogP) is 2.12. The smallest absolute Gasteiger partial charge is 0.228 e. The number of hydrogen-bond acceptors (Lipinski definition) is 4. The molecule has 1 amide bonds. The van der Waals surface area contributed by atoms with Gasteiger partial charge in [-0.05, 0) is 24.6 Å². The highest BCUT2D eigenvalue weighted by Gasteiger charge is 2.31. The van der Waals surface area contributed by atoms with E-state index in [9.17, 15) is 14.7 Å². The van der Waals surface area contributed by atoms with Crippen LogP contribution in [-0.4, -0.2) is 27.9 Å². The van der Waals surface area contributed by atoms with Crippen molar-refractivity contribution in [3.05, 3.63) is 29.8 Å². The number of amides is 1. The molecule has 2 unspecified atom stereocenters. The van der Waals surface area contributed by atoms with Crippen LogP contribution in [0.3, 0.4) is 0 Å². The van der Waals surface area contributed by atoms with Crippen molar-refractivity contribution in [3.8, 4) is 0 Å². The number of aliphatic hydroxyl groups is 1. The van der Waals surface area contributed by atoms with Crippen molar-refractivity contribution in [1.29, 1.82) is 0 Å². The van der Waals surface area contributed by atoms with Crippen LogP contribution >= 0.6 is 11.8 Å². The maximum absolute atomic E-state index is 12.0. The fourth-order valence-electron chi connectivity index (χ4n) is 2.19. The second kappa shape index (κ2) is 5.75. The molecule has 19 heavy (non-hydrogen) atoms.